The lowest BCUT2D eigenvalue weighted by Gasteiger charge is -2.21. The summed E-state index contributed by atoms with van der Waals surface area (Å²) in [5.41, 5.74) is 0.0119. The molecule has 5 nitrogen and oxygen atoms in total. The molecule has 0 bridgehead atoms. The molecule has 1 heterocycles. The zero-order valence-electron chi connectivity index (χ0n) is 16.0. The molecule has 0 aliphatic rings. The highest BCUT2D eigenvalue weighted by Gasteiger charge is 2.34. The van der Waals surface area contributed by atoms with Crippen molar-refractivity contribution in [1.29, 1.82) is 0 Å². The molecule has 156 valence electrons. The molecular weight excluding hydrogens is 417 g/mol. The number of hydrogen-bond donors (Lipinski definition) is 1. The molecule has 2 aromatic carbocycles. The van der Waals surface area contributed by atoms with E-state index in [1.165, 1.54) is 31.2 Å². The van der Waals surface area contributed by atoms with E-state index < -0.39 is 17.7 Å². The Morgan fingerprint density at radius 3 is 2.43 bits per heavy atom. The summed E-state index contributed by atoms with van der Waals surface area (Å²) in [5, 5.41) is 9.25. The minimum Gasteiger partial charge on any atom is -0.497 e. The third-order valence-corrected chi connectivity index (χ3v) is 5.01. The van der Waals surface area contributed by atoms with Gasteiger partial charge in [0.2, 0.25) is 0 Å². The van der Waals surface area contributed by atoms with Crippen LogP contribution in [0.15, 0.2) is 48.5 Å². The van der Waals surface area contributed by atoms with E-state index in [0.717, 1.165) is 6.07 Å². The number of ether oxygens (including phenoxy) is 1. The number of carboxylic acids is 1. The molecule has 1 aromatic heterocycles. The van der Waals surface area contributed by atoms with E-state index in [1.807, 2.05) is 0 Å². The Morgan fingerprint density at radius 2 is 1.87 bits per heavy atom. The molecule has 0 fully saturated rings. The molecule has 0 amide bonds. The Labute approximate surface area is 175 Å². The standard InChI is InChI=1S/C21H17F3N2O3S/c1-26(11-18(27)28)20(30)15-10-17(12-6-8-13(29-2)9-7-12)25-19-14(15)4-3-5-16(19)21(22,23)24/h3-10H,11H2,1-2H3,(H,27,28). The average Bonchev–Trinajstić information content (AvgIpc) is 2.70. The first kappa shape index (κ1) is 21.5. The molecule has 0 aliphatic carbocycles. The second kappa shape index (κ2) is 8.27. The first-order valence-electron chi connectivity index (χ1n) is 8.74. The molecule has 0 spiro atoms. The number of pyridine rings is 1. The van der Waals surface area contributed by atoms with E-state index in [0.29, 0.717) is 16.9 Å². The van der Waals surface area contributed by atoms with E-state index in [2.05, 4.69) is 4.98 Å². The highest BCUT2D eigenvalue weighted by Crippen LogP contribution is 2.36. The van der Waals surface area contributed by atoms with Crippen LogP contribution in [0.1, 0.15) is 11.1 Å². The number of aliphatic carboxylic acids is 1. The average molecular weight is 434 g/mol. The highest BCUT2D eigenvalue weighted by molar-refractivity contribution is 7.80. The fraction of sp³-hybridized carbons (Fsp3) is 0.190. The van der Waals surface area contributed by atoms with Gasteiger partial charge in [0, 0.05) is 23.6 Å². The number of alkyl halides is 3. The molecule has 1 N–H and O–H groups in total. The van der Waals surface area contributed by atoms with Crippen molar-refractivity contribution in [3.8, 4) is 17.0 Å². The van der Waals surface area contributed by atoms with Crippen LogP contribution in [0, 0.1) is 0 Å². The van der Waals surface area contributed by atoms with Gasteiger partial charge in [-0.3, -0.25) is 4.79 Å². The summed E-state index contributed by atoms with van der Waals surface area (Å²) >= 11 is 5.41. The number of likely N-dealkylation sites (N-methyl/N-ethyl adjacent to an activating group) is 1. The van der Waals surface area contributed by atoms with Crippen molar-refractivity contribution in [3.05, 3.63) is 59.7 Å². The number of methoxy groups -OCH3 is 1. The van der Waals surface area contributed by atoms with Crippen LogP contribution in [0.25, 0.3) is 22.2 Å². The molecule has 3 aromatic rings. The number of halogens is 3. The first-order chi connectivity index (χ1) is 14.1. The smallest absolute Gasteiger partial charge is 0.418 e. The number of fused-ring (bicyclic) bond motifs is 1. The monoisotopic (exact) mass is 434 g/mol. The summed E-state index contributed by atoms with van der Waals surface area (Å²) in [6.07, 6.45) is -4.61. The topological polar surface area (TPSA) is 62.7 Å². The second-order valence-corrected chi connectivity index (χ2v) is 6.92. The third kappa shape index (κ3) is 4.35. The number of rotatable bonds is 5. The number of carboxylic acid groups (broad SMARTS) is 1. The van der Waals surface area contributed by atoms with E-state index in [1.54, 1.807) is 30.3 Å². The fourth-order valence-electron chi connectivity index (χ4n) is 3.04. The Hall–Kier alpha value is -3.20. The van der Waals surface area contributed by atoms with Crippen LogP contribution in [0.5, 0.6) is 5.75 Å². The molecular formula is C21H17F3N2O3S. The van der Waals surface area contributed by atoms with Gasteiger partial charge in [0.1, 0.15) is 17.3 Å². The molecule has 0 aliphatic heterocycles. The van der Waals surface area contributed by atoms with Gasteiger partial charge >= 0.3 is 12.1 Å². The van der Waals surface area contributed by atoms with Gasteiger partial charge in [0.15, 0.2) is 0 Å². The minimum absolute atomic E-state index is 0.110. The zero-order chi connectivity index (χ0) is 22.1. The van der Waals surface area contributed by atoms with Crippen molar-refractivity contribution in [3.63, 3.8) is 0 Å². The highest BCUT2D eigenvalue weighted by atomic mass is 32.1. The van der Waals surface area contributed by atoms with E-state index in [-0.39, 0.29) is 28.1 Å². The summed E-state index contributed by atoms with van der Waals surface area (Å²) < 4.78 is 46.0. The minimum atomic E-state index is -4.61. The largest absolute Gasteiger partial charge is 0.497 e. The van der Waals surface area contributed by atoms with Crippen molar-refractivity contribution < 1.29 is 27.8 Å². The third-order valence-electron chi connectivity index (χ3n) is 4.48. The van der Waals surface area contributed by atoms with Crippen molar-refractivity contribution in [2.75, 3.05) is 20.7 Å². The van der Waals surface area contributed by atoms with Crippen LogP contribution >= 0.6 is 12.2 Å². The Kier molecular flexibility index (Phi) is 5.93. The number of thiocarbonyl (C=S) groups is 1. The summed E-state index contributed by atoms with van der Waals surface area (Å²) in [5.74, 6) is -0.517. The van der Waals surface area contributed by atoms with Crippen LogP contribution in [-0.4, -0.2) is 46.7 Å². The zero-order valence-corrected chi connectivity index (χ0v) is 16.8. The number of hydrogen-bond acceptors (Lipinski definition) is 4. The molecule has 30 heavy (non-hydrogen) atoms. The van der Waals surface area contributed by atoms with E-state index >= 15 is 0 Å². The van der Waals surface area contributed by atoms with Crippen LogP contribution in [-0.2, 0) is 11.0 Å². The maximum atomic E-state index is 13.6. The van der Waals surface area contributed by atoms with E-state index in [4.69, 9.17) is 22.1 Å². The molecule has 0 saturated heterocycles. The molecule has 0 unspecified atom stereocenters. The van der Waals surface area contributed by atoms with Crippen molar-refractivity contribution in [1.82, 2.24) is 9.88 Å². The predicted molar refractivity (Wildman–Crippen MR) is 111 cm³/mol. The van der Waals surface area contributed by atoms with Crippen molar-refractivity contribution in [2.45, 2.75) is 6.18 Å². The second-order valence-electron chi connectivity index (χ2n) is 6.54. The SMILES string of the molecule is COc1ccc(-c2cc(C(=S)N(C)CC(=O)O)c3cccc(C(F)(F)F)c3n2)cc1. The number of para-hydroxylation sites is 1. The normalized spacial score (nSPS) is 11.4. The Morgan fingerprint density at radius 1 is 1.20 bits per heavy atom. The quantitative estimate of drug-likeness (QED) is 0.592. The summed E-state index contributed by atoms with van der Waals surface area (Å²) in [6.45, 7) is -0.389. The van der Waals surface area contributed by atoms with Gasteiger partial charge in [-0.1, -0.05) is 24.4 Å². The summed E-state index contributed by atoms with van der Waals surface area (Å²) in [4.78, 5) is 16.8. The lowest BCUT2D eigenvalue weighted by atomic mass is 10.0. The first-order valence-corrected chi connectivity index (χ1v) is 9.15. The lowest BCUT2D eigenvalue weighted by molar-refractivity contribution is -0.137. The summed E-state index contributed by atoms with van der Waals surface area (Å²) in [6, 6.07) is 12.0. The summed E-state index contributed by atoms with van der Waals surface area (Å²) in [7, 11) is 2.98. The molecule has 0 atom stereocenters. The number of carbonyl (C=O) groups is 1. The van der Waals surface area contributed by atoms with Gasteiger partial charge in [-0.05, 0) is 36.4 Å². The molecule has 0 saturated carbocycles. The number of aromatic nitrogens is 1. The predicted octanol–water partition coefficient (Wildman–Crippen LogP) is 4.62. The lowest BCUT2D eigenvalue weighted by Crippen LogP contribution is -2.31. The van der Waals surface area contributed by atoms with Crippen LogP contribution < -0.4 is 4.74 Å². The van der Waals surface area contributed by atoms with Crippen molar-refractivity contribution in [2.24, 2.45) is 0 Å². The Bertz CT molecular complexity index is 1110. The van der Waals surface area contributed by atoms with E-state index in [9.17, 15) is 18.0 Å². The maximum Gasteiger partial charge on any atom is 0.418 e. The maximum absolute atomic E-state index is 13.6. The molecule has 0 radical (unpaired) electrons. The van der Waals surface area contributed by atoms with Gasteiger partial charge < -0.3 is 14.7 Å². The van der Waals surface area contributed by atoms with Gasteiger partial charge in [-0.25, -0.2) is 4.98 Å². The number of benzene rings is 2. The van der Waals surface area contributed by atoms with Gasteiger partial charge in [-0.15, -0.1) is 0 Å². The Balaban J connectivity index is 2.27. The number of nitrogens with zero attached hydrogens (tertiary/aromatic N) is 2. The van der Waals surface area contributed by atoms with Crippen LogP contribution in [0.3, 0.4) is 0 Å². The van der Waals surface area contributed by atoms with Crippen LogP contribution in [0.2, 0.25) is 0 Å². The van der Waals surface area contributed by atoms with Gasteiger partial charge in [0.25, 0.3) is 0 Å². The van der Waals surface area contributed by atoms with Crippen LogP contribution in [0.4, 0.5) is 13.2 Å². The molecule has 3 rings (SSSR count). The van der Waals surface area contributed by atoms with Crippen molar-refractivity contribution >= 4 is 34.1 Å². The molecule has 9 heteroatoms. The van der Waals surface area contributed by atoms with Gasteiger partial charge in [-0.2, -0.15) is 13.2 Å². The fourth-order valence-corrected chi connectivity index (χ4v) is 3.28. The van der Waals surface area contributed by atoms with Gasteiger partial charge in [0.05, 0.1) is 23.9 Å².